The quantitative estimate of drug-likeness (QED) is 0.516. The Hall–Kier alpha value is -3.52. The number of anilines is 1. The Kier molecular flexibility index (Phi) is 4.85. The molecule has 2 aromatic carbocycles. The number of hydrogen-bond donors (Lipinski definition) is 2. The Labute approximate surface area is 169 Å². The number of carbonyl (C=O) groups excluding carboxylic acids is 1. The second-order valence-electron chi connectivity index (χ2n) is 6.33. The van der Waals surface area contributed by atoms with Gasteiger partial charge in [0.25, 0.3) is 5.91 Å². The van der Waals surface area contributed by atoms with E-state index in [9.17, 15) is 13.6 Å². The fourth-order valence-electron chi connectivity index (χ4n) is 2.99. The number of nitrogens with one attached hydrogen (secondary N) is 1. The lowest BCUT2D eigenvalue weighted by Gasteiger charge is -2.13. The van der Waals surface area contributed by atoms with Gasteiger partial charge in [-0.2, -0.15) is 0 Å². The van der Waals surface area contributed by atoms with Gasteiger partial charge in [-0.25, -0.2) is 18.7 Å². The smallest absolute Gasteiger partial charge is 0.252 e. The second kappa shape index (κ2) is 7.48. The molecule has 0 aliphatic carbocycles. The first kappa shape index (κ1) is 18.8. The number of aromatic nitrogens is 3. The van der Waals surface area contributed by atoms with E-state index in [4.69, 9.17) is 17.3 Å². The highest BCUT2D eigenvalue weighted by Gasteiger charge is 2.13. The van der Waals surface area contributed by atoms with E-state index in [-0.39, 0.29) is 12.1 Å². The lowest BCUT2D eigenvalue weighted by molar-refractivity contribution is 0.100. The third kappa shape index (κ3) is 3.88. The van der Waals surface area contributed by atoms with Gasteiger partial charge < -0.3 is 11.1 Å². The molecule has 0 saturated heterocycles. The zero-order chi connectivity index (χ0) is 20.5. The molecule has 0 aliphatic heterocycles. The molecule has 2 aromatic heterocycles. The van der Waals surface area contributed by atoms with Crippen molar-refractivity contribution in [3.8, 4) is 5.82 Å². The predicted molar refractivity (Wildman–Crippen MR) is 106 cm³/mol. The maximum Gasteiger partial charge on any atom is 0.252 e. The van der Waals surface area contributed by atoms with Gasteiger partial charge in [0.1, 0.15) is 23.8 Å². The summed E-state index contributed by atoms with van der Waals surface area (Å²) in [6.45, 7) is 0.0783. The van der Waals surface area contributed by atoms with Gasteiger partial charge in [-0.3, -0.25) is 9.36 Å². The van der Waals surface area contributed by atoms with E-state index in [0.717, 1.165) is 17.1 Å². The summed E-state index contributed by atoms with van der Waals surface area (Å²) >= 11 is 6.08. The van der Waals surface area contributed by atoms with Crippen LogP contribution in [-0.2, 0) is 6.54 Å². The summed E-state index contributed by atoms with van der Waals surface area (Å²) < 4.78 is 28.5. The maximum absolute atomic E-state index is 13.4. The van der Waals surface area contributed by atoms with Gasteiger partial charge in [-0.05, 0) is 35.9 Å². The number of fused-ring (bicyclic) bond motifs is 1. The average Bonchev–Trinajstić information content (AvgIpc) is 3.08. The molecule has 0 radical (unpaired) electrons. The van der Waals surface area contributed by atoms with Crippen molar-refractivity contribution in [3.63, 3.8) is 0 Å². The number of benzene rings is 2. The Morgan fingerprint density at radius 1 is 1.10 bits per heavy atom. The highest BCUT2D eigenvalue weighted by molar-refractivity contribution is 6.31. The van der Waals surface area contributed by atoms with E-state index in [2.05, 4.69) is 15.3 Å². The lowest BCUT2D eigenvalue weighted by atomic mass is 10.1. The summed E-state index contributed by atoms with van der Waals surface area (Å²) in [5.41, 5.74) is 7.78. The average molecular weight is 414 g/mol. The van der Waals surface area contributed by atoms with Crippen LogP contribution in [0.1, 0.15) is 15.9 Å². The molecule has 3 N–H and O–H groups in total. The van der Waals surface area contributed by atoms with Crippen LogP contribution >= 0.6 is 11.6 Å². The Morgan fingerprint density at radius 3 is 2.59 bits per heavy atom. The van der Waals surface area contributed by atoms with Gasteiger partial charge in [0.15, 0.2) is 0 Å². The number of nitrogens with zero attached hydrogens (tertiary/aromatic N) is 3. The summed E-state index contributed by atoms with van der Waals surface area (Å²) in [4.78, 5) is 20.4. The molecule has 1 amide bonds. The maximum atomic E-state index is 13.4. The van der Waals surface area contributed by atoms with Crippen molar-refractivity contribution in [1.82, 2.24) is 14.5 Å². The van der Waals surface area contributed by atoms with Crippen LogP contribution in [0.3, 0.4) is 0 Å². The number of rotatable bonds is 5. The van der Waals surface area contributed by atoms with E-state index in [1.165, 1.54) is 18.3 Å². The molecule has 0 aliphatic rings. The Balaban J connectivity index is 1.72. The molecular weight excluding hydrogens is 400 g/mol. The largest absolute Gasteiger partial charge is 0.380 e. The molecular formula is C20H14ClF2N5O. The van der Waals surface area contributed by atoms with Crippen molar-refractivity contribution in [2.45, 2.75) is 6.54 Å². The highest BCUT2D eigenvalue weighted by atomic mass is 35.5. The van der Waals surface area contributed by atoms with Gasteiger partial charge in [0.2, 0.25) is 0 Å². The van der Waals surface area contributed by atoms with Crippen LogP contribution in [0.15, 0.2) is 55.0 Å². The summed E-state index contributed by atoms with van der Waals surface area (Å²) in [6.07, 6.45) is 2.92. The third-order valence-corrected chi connectivity index (χ3v) is 4.55. The molecule has 0 spiro atoms. The number of pyridine rings is 1. The summed E-state index contributed by atoms with van der Waals surface area (Å²) in [7, 11) is 0. The van der Waals surface area contributed by atoms with Crippen LogP contribution in [0.2, 0.25) is 5.02 Å². The Morgan fingerprint density at radius 2 is 1.86 bits per heavy atom. The number of amides is 1. The highest BCUT2D eigenvalue weighted by Crippen LogP contribution is 2.24. The zero-order valence-corrected chi connectivity index (χ0v) is 15.6. The van der Waals surface area contributed by atoms with E-state index in [1.54, 1.807) is 35.2 Å². The molecule has 0 bridgehead atoms. The van der Waals surface area contributed by atoms with Crippen LogP contribution in [0.5, 0.6) is 0 Å². The molecule has 146 valence electrons. The standard InChI is InChI=1S/C20H14ClF2N5O/c21-12-1-2-16-18(5-12)28(10-27-16)19-7-17(15(9-26-19)20(24)29)25-8-11-3-13(22)6-14(23)4-11/h1-7,9-10H,8H2,(H2,24,29)(H,25,26). The minimum atomic E-state index is -0.686. The molecule has 6 nitrogen and oxygen atoms in total. The van der Waals surface area contributed by atoms with Gasteiger partial charge in [-0.1, -0.05) is 11.6 Å². The number of halogens is 3. The summed E-state index contributed by atoms with van der Waals surface area (Å²) in [5.74, 6) is -1.59. The van der Waals surface area contributed by atoms with Crippen molar-refractivity contribution in [2.75, 3.05) is 5.32 Å². The van der Waals surface area contributed by atoms with Gasteiger partial charge in [-0.15, -0.1) is 0 Å². The van der Waals surface area contributed by atoms with Crippen LogP contribution < -0.4 is 11.1 Å². The SMILES string of the molecule is NC(=O)c1cnc(-n2cnc3ccc(Cl)cc32)cc1NCc1cc(F)cc(F)c1. The number of primary amides is 1. The number of imidazole rings is 1. The molecule has 29 heavy (non-hydrogen) atoms. The molecule has 9 heteroatoms. The van der Waals surface area contributed by atoms with Crippen molar-refractivity contribution in [3.05, 3.63) is 82.8 Å². The van der Waals surface area contributed by atoms with E-state index in [1.807, 2.05) is 0 Å². The first-order valence-electron chi connectivity index (χ1n) is 8.52. The summed E-state index contributed by atoms with van der Waals surface area (Å²) in [6, 6.07) is 10.1. The van der Waals surface area contributed by atoms with Gasteiger partial charge in [0, 0.05) is 29.9 Å². The van der Waals surface area contributed by atoms with E-state index >= 15 is 0 Å². The lowest BCUT2D eigenvalue weighted by Crippen LogP contribution is -2.16. The van der Waals surface area contributed by atoms with Crippen LogP contribution in [0, 0.1) is 11.6 Å². The molecule has 0 unspecified atom stereocenters. The monoisotopic (exact) mass is 413 g/mol. The normalized spacial score (nSPS) is 11.0. The third-order valence-electron chi connectivity index (χ3n) is 4.32. The van der Waals surface area contributed by atoms with Crippen molar-refractivity contribution < 1.29 is 13.6 Å². The van der Waals surface area contributed by atoms with Crippen molar-refractivity contribution in [1.29, 1.82) is 0 Å². The van der Waals surface area contributed by atoms with Crippen LogP contribution in [-0.4, -0.2) is 20.4 Å². The minimum absolute atomic E-state index is 0.0783. The van der Waals surface area contributed by atoms with Crippen LogP contribution in [0.25, 0.3) is 16.9 Å². The molecule has 0 atom stereocenters. The van der Waals surface area contributed by atoms with Gasteiger partial charge in [0.05, 0.1) is 22.3 Å². The topological polar surface area (TPSA) is 85.8 Å². The van der Waals surface area contributed by atoms with Gasteiger partial charge >= 0.3 is 0 Å². The molecule has 4 aromatic rings. The Bertz CT molecular complexity index is 1220. The number of carbonyl (C=O) groups is 1. The number of nitrogens with two attached hydrogens (primary N) is 1. The van der Waals surface area contributed by atoms with Crippen LogP contribution in [0.4, 0.5) is 14.5 Å². The predicted octanol–water partition coefficient (Wildman–Crippen LogP) is 4.06. The van der Waals surface area contributed by atoms with Crippen molar-refractivity contribution >= 4 is 34.2 Å². The van der Waals surface area contributed by atoms with E-state index in [0.29, 0.717) is 22.1 Å². The zero-order valence-electron chi connectivity index (χ0n) is 14.9. The fourth-order valence-corrected chi connectivity index (χ4v) is 3.16. The molecule has 2 heterocycles. The first-order chi connectivity index (χ1) is 13.9. The molecule has 0 fully saturated rings. The minimum Gasteiger partial charge on any atom is -0.380 e. The number of hydrogen-bond acceptors (Lipinski definition) is 4. The van der Waals surface area contributed by atoms with E-state index < -0.39 is 17.5 Å². The molecule has 4 rings (SSSR count). The fraction of sp³-hybridized carbons (Fsp3) is 0.0500. The first-order valence-corrected chi connectivity index (χ1v) is 8.90. The summed E-state index contributed by atoms with van der Waals surface area (Å²) in [5, 5.41) is 3.53. The second-order valence-corrected chi connectivity index (χ2v) is 6.77. The van der Waals surface area contributed by atoms with Crippen molar-refractivity contribution in [2.24, 2.45) is 5.73 Å². The molecule has 0 saturated carbocycles.